The number of benzene rings is 1. The summed E-state index contributed by atoms with van der Waals surface area (Å²) < 4.78 is 5.80. The fraction of sp³-hybridized carbons (Fsp3) is 0.481. The summed E-state index contributed by atoms with van der Waals surface area (Å²) >= 11 is 0. The van der Waals surface area contributed by atoms with Gasteiger partial charge in [0.25, 0.3) is 5.91 Å². The molecule has 6 rings (SSSR count). The van der Waals surface area contributed by atoms with Crippen molar-refractivity contribution in [2.75, 3.05) is 26.3 Å². The molecule has 34 heavy (non-hydrogen) atoms. The smallest absolute Gasteiger partial charge is 0.254 e. The van der Waals surface area contributed by atoms with Crippen LogP contribution in [0.2, 0.25) is 0 Å². The van der Waals surface area contributed by atoms with Crippen LogP contribution in [0.5, 0.6) is 0 Å². The van der Waals surface area contributed by atoms with Gasteiger partial charge in [0, 0.05) is 43.0 Å². The molecule has 4 heterocycles. The van der Waals surface area contributed by atoms with E-state index in [9.17, 15) is 9.90 Å². The quantitative estimate of drug-likeness (QED) is 0.555. The van der Waals surface area contributed by atoms with Crippen molar-refractivity contribution < 1.29 is 14.6 Å². The molecular weight excluding hydrogens is 428 g/mol. The number of fused-ring (bicyclic) bond motifs is 2. The second-order valence-corrected chi connectivity index (χ2v) is 10.3. The van der Waals surface area contributed by atoms with Crippen molar-refractivity contribution in [2.24, 2.45) is 0 Å². The van der Waals surface area contributed by atoms with Gasteiger partial charge in [-0.1, -0.05) is 19.9 Å². The molecule has 2 aromatic heterocycles. The van der Waals surface area contributed by atoms with Gasteiger partial charge in [0.1, 0.15) is 11.2 Å². The summed E-state index contributed by atoms with van der Waals surface area (Å²) in [6, 6.07) is 6.83. The van der Waals surface area contributed by atoms with Crippen molar-refractivity contribution in [1.82, 2.24) is 20.2 Å². The molecule has 0 bridgehead atoms. The molecule has 2 aliphatic heterocycles. The summed E-state index contributed by atoms with van der Waals surface area (Å²) in [4.78, 5) is 22.7. The highest BCUT2D eigenvalue weighted by molar-refractivity contribution is 5.88. The van der Waals surface area contributed by atoms with E-state index in [1.54, 1.807) is 0 Å². The lowest BCUT2D eigenvalue weighted by Gasteiger charge is -2.35. The van der Waals surface area contributed by atoms with E-state index in [2.05, 4.69) is 48.5 Å². The zero-order valence-electron chi connectivity index (χ0n) is 19.9. The zero-order chi connectivity index (χ0) is 23.4. The Bertz CT molecular complexity index is 1250. The molecule has 1 aliphatic carbocycles. The molecule has 0 radical (unpaired) electrons. The number of aromatic nitrogens is 2. The van der Waals surface area contributed by atoms with Crippen LogP contribution in [0.15, 0.2) is 30.6 Å². The fourth-order valence-electron chi connectivity index (χ4n) is 5.40. The van der Waals surface area contributed by atoms with Crippen molar-refractivity contribution in [3.05, 3.63) is 52.8 Å². The summed E-state index contributed by atoms with van der Waals surface area (Å²) in [5, 5.41) is 15.2. The van der Waals surface area contributed by atoms with Crippen LogP contribution >= 0.6 is 0 Å². The van der Waals surface area contributed by atoms with Crippen LogP contribution in [-0.4, -0.2) is 57.8 Å². The minimum Gasteiger partial charge on any atom is -0.380 e. The molecule has 7 heteroatoms. The monoisotopic (exact) mass is 460 g/mol. The van der Waals surface area contributed by atoms with Crippen molar-refractivity contribution >= 4 is 16.9 Å². The van der Waals surface area contributed by atoms with Gasteiger partial charge in [-0.25, -0.2) is 4.98 Å². The highest BCUT2D eigenvalue weighted by Gasteiger charge is 2.50. The summed E-state index contributed by atoms with van der Waals surface area (Å²) in [6.07, 6.45) is 5.94. The average molecular weight is 461 g/mol. The molecule has 1 aromatic carbocycles. The topological polar surface area (TPSA) is 90.5 Å². The number of nitrogens with one attached hydrogen (secondary N) is 2. The highest BCUT2D eigenvalue weighted by Crippen LogP contribution is 2.40. The first-order valence-corrected chi connectivity index (χ1v) is 12.4. The molecule has 1 atom stereocenters. The third kappa shape index (κ3) is 3.72. The van der Waals surface area contributed by atoms with Crippen molar-refractivity contribution in [3.63, 3.8) is 0 Å². The molecule has 1 saturated carbocycles. The molecule has 0 spiro atoms. The predicted octanol–water partition coefficient (Wildman–Crippen LogP) is 3.42. The average Bonchev–Trinajstić information content (AvgIpc) is 3.47. The molecular formula is C27H32N4O3. The number of ether oxygens (including phenoxy) is 1. The Hall–Kier alpha value is -2.74. The lowest BCUT2D eigenvalue weighted by molar-refractivity contribution is -0.143. The SMILES string of the molecule is CC(C)c1c[nH]c2ncc(-c3cc4c(c(C5COCCN5)c3)CN(C(=O)C3(O)CC3)CC4)cc12. The number of morpholine rings is 1. The van der Waals surface area contributed by atoms with Gasteiger partial charge < -0.3 is 25.0 Å². The number of carbonyl (C=O) groups is 1. The second kappa shape index (κ2) is 8.18. The van der Waals surface area contributed by atoms with Crippen molar-refractivity contribution in [3.8, 4) is 11.1 Å². The van der Waals surface area contributed by atoms with Crippen LogP contribution in [-0.2, 0) is 22.5 Å². The van der Waals surface area contributed by atoms with E-state index >= 15 is 0 Å². The Morgan fingerprint density at radius 2 is 2.12 bits per heavy atom. The number of aliphatic hydroxyl groups is 1. The highest BCUT2D eigenvalue weighted by atomic mass is 16.5. The Morgan fingerprint density at radius 3 is 2.85 bits per heavy atom. The van der Waals surface area contributed by atoms with Crippen LogP contribution in [0.4, 0.5) is 0 Å². The van der Waals surface area contributed by atoms with Crippen LogP contribution in [0.25, 0.3) is 22.2 Å². The number of rotatable bonds is 4. The summed E-state index contributed by atoms with van der Waals surface area (Å²) in [7, 11) is 0. The van der Waals surface area contributed by atoms with Gasteiger partial charge in [-0.2, -0.15) is 0 Å². The van der Waals surface area contributed by atoms with E-state index < -0.39 is 5.60 Å². The summed E-state index contributed by atoms with van der Waals surface area (Å²) in [5.74, 6) is 0.294. The number of aromatic amines is 1. The normalized spacial score (nSPS) is 21.6. The van der Waals surface area contributed by atoms with Gasteiger partial charge in [0.2, 0.25) is 0 Å². The predicted molar refractivity (Wildman–Crippen MR) is 130 cm³/mol. The van der Waals surface area contributed by atoms with E-state index in [0.717, 1.165) is 29.7 Å². The molecule has 178 valence electrons. The molecule has 1 amide bonds. The first kappa shape index (κ1) is 21.8. The number of hydrogen-bond donors (Lipinski definition) is 3. The minimum atomic E-state index is -1.13. The number of nitrogens with zero attached hydrogens (tertiary/aromatic N) is 2. The van der Waals surface area contributed by atoms with Gasteiger partial charge in [-0.3, -0.25) is 4.79 Å². The second-order valence-electron chi connectivity index (χ2n) is 10.3. The number of hydrogen-bond acceptors (Lipinski definition) is 5. The fourth-order valence-corrected chi connectivity index (χ4v) is 5.40. The number of carbonyl (C=O) groups excluding carboxylic acids is 1. The molecule has 1 unspecified atom stereocenters. The Kier molecular flexibility index (Phi) is 5.24. The molecule has 3 N–H and O–H groups in total. The van der Waals surface area contributed by atoms with Crippen LogP contribution in [0.1, 0.15) is 60.9 Å². The van der Waals surface area contributed by atoms with E-state index in [1.165, 1.54) is 27.6 Å². The lowest BCUT2D eigenvalue weighted by atomic mass is 9.87. The molecule has 1 saturated heterocycles. The number of pyridine rings is 1. The van der Waals surface area contributed by atoms with Crippen LogP contribution in [0, 0.1) is 0 Å². The Morgan fingerprint density at radius 1 is 1.26 bits per heavy atom. The maximum absolute atomic E-state index is 12.9. The first-order chi connectivity index (χ1) is 16.4. The lowest BCUT2D eigenvalue weighted by Crippen LogP contribution is -2.44. The maximum Gasteiger partial charge on any atom is 0.254 e. The standard InChI is InChI=1S/C27H32N4O3/c1-16(2)22-13-30-25-21(22)11-19(12-29-25)18-9-17-3-7-31(26(32)27(33)4-5-27)14-23(17)20(10-18)24-15-34-8-6-28-24/h9-13,16,24,28,33H,3-8,14-15H2,1-2H3,(H,29,30). The van der Waals surface area contributed by atoms with Crippen LogP contribution < -0.4 is 5.32 Å². The summed E-state index contributed by atoms with van der Waals surface area (Å²) in [6.45, 7) is 7.71. The molecule has 2 fully saturated rings. The van der Waals surface area contributed by atoms with E-state index in [1.807, 2.05) is 11.1 Å². The maximum atomic E-state index is 12.9. The van der Waals surface area contributed by atoms with Crippen molar-refractivity contribution in [2.45, 2.75) is 57.2 Å². The third-order valence-corrected chi connectivity index (χ3v) is 7.60. The van der Waals surface area contributed by atoms with Crippen molar-refractivity contribution in [1.29, 1.82) is 0 Å². The Balaban J connectivity index is 1.42. The van der Waals surface area contributed by atoms with Gasteiger partial charge in [0.05, 0.1) is 19.3 Å². The third-order valence-electron chi connectivity index (χ3n) is 7.60. The van der Waals surface area contributed by atoms with Gasteiger partial charge >= 0.3 is 0 Å². The molecule has 3 aromatic rings. The van der Waals surface area contributed by atoms with E-state index in [0.29, 0.717) is 45.1 Å². The molecule has 7 nitrogen and oxygen atoms in total. The van der Waals surface area contributed by atoms with Crippen LogP contribution in [0.3, 0.4) is 0 Å². The minimum absolute atomic E-state index is 0.0803. The zero-order valence-corrected chi connectivity index (χ0v) is 19.9. The number of H-pyrrole nitrogens is 1. The largest absolute Gasteiger partial charge is 0.380 e. The number of amides is 1. The van der Waals surface area contributed by atoms with E-state index in [-0.39, 0.29) is 11.9 Å². The van der Waals surface area contributed by atoms with Gasteiger partial charge in [-0.05, 0) is 65.1 Å². The van der Waals surface area contributed by atoms with Gasteiger partial charge in [0.15, 0.2) is 0 Å². The van der Waals surface area contributed by atoms with Gasteiger partial charge in [-0.15, -0.1) is 0 Å². The van der Waals surface area contributed by atoms with E-state index in [4.69, 9.17) is 9.72 Å². The molecule has 3 aliphatic rings. The summed E-state index contributed by atoms with van der Waals surface area (Å²) in [5.41, 5.74) is 6.95. The first-order valence-electron chi connectivity index (χ1n) is 12.4. The Labute approximate surface area is 199 Å².